The fraction of sp³-hybridized carbons (Fsp3) is 0.400. The fourth-order valence-electron chi connectivity index (χ4n) is 4.85. The fourth-order valence-corrected chi connectivity index (χ4v) is 4.85. The van der Waals surface area contributed by atoms with Crippen molar-refractivity contribution >= 4 is 17.3 Å². The lowest BCUT2D eigenvalue weighted by Gasteiger charge is -2.43. The van der Waals surface area contributed by atoms with Gasteiger partial charge in [-0.15, -0.1) is 0 Å². The van der Waals surface area contributed by atoms with E-state index in [1.807, 2.05) is 32.9 Å². The summed E-state index contributed by atoms with van der Waals surface area (Å²) in [5.74, 6) is -1.51. The van der Waals surface area contributed by atoms with Crippen molar-refractivity contribution in [2.45, 2.75) is 46.6 Å². The zero-order valence-corrected chi connectivity index (χ0v) is 17.7. The molecule has 0 radical (unpaired) electrons. The van der Waals surface area contributed by atoms with Crippen LogP contribution in [0, 0.1) is 10.8 Å². The molecule has 1 aromatic rings. The van der Waals surface area contributed by atoms with E-state index in [0.29, 0.717) is 24.2 Å². The van der Waals surface area contributed by atoms with E-state index in [1.54, 1.807) is 25.1 Å². The number of aliphatic hydroxyl groups is 1. The smallest absolute Gasteiger partial charge is 0.191 e. The minimum absolute atomic E-state index is 0.144. The first-order valence-corrected chi connectivity index (χ1v) is 10.2. The molecule has 156 valence electrons. The molecule has 3 bridgehead atoms. The summed E-state index contributed by atoms with van der Waals surface area (Å²) >= 11 is 0. The first-order valence-electron chi connectivity index (χ1n) is 10.2. The second kappa shape index (κ2) is 6.88. The van der Waals surface area contributed by atoms with Gasteiger partial charge in [-0.3, -0.25) is 14.4 Å². The largest absolute Gasteiger partial charge is 0.488 e. The number of ether oxygens (including phenoxy) is 1. The number of carbonyl (C=O) groups is 3. The van der Waals surface area contributed by atoms with Gasteiger partial charge in [-0.25, -0.2) is 0 Å². The van der Waals surface area contributed by atoms with Crippen LogP contribution in [0.1, 0.15) is 62.6 Å². The van der Waals surface area contributed by atoms with E-state index >= 15 is 0 Å². The number of carbonyl (C=O) groups excluding carboxylic acids is 3. The lowest BCUT2D eigenvalue weighted by molar-refractivity contribution is -0.148. The highest BCUT2D eigenvalue weighted by atomic mass is 16.5. The third-order valence-corrected chi connectivity index (χ3v) is 6.75. The van der Waals surface area contributed by atoms with Crippen LogP contribution in [0.2, 0.25) is 0 Å². The van der Waals surface area contributed by atoms with E-state index in [0.717, 1.165) is 11.1 Å². The Morgan fingerprint density at radius 2 is 1.97 bits per heavy atom. The molecule has 0 amide bonds. The first kappa shape index (κ1) is 20.5. The molecule has 1 aromatic carbocycles. The summed E-state index contributed by atoms with van der Waals surface area (Å²) in [6.07, 6.45) is 4.48. The Balaban J connectivity index is 2.06. The van der Waals surface area contributed by atoms with Crippen molar-refractivity contribution in [3.05, 3.63) is 64.3 Å². The Bertz CT molecular complexity index is 1070. The summed E-state index contributed by atoms with van der Waals surface area (Å²) < 4.78 is 5.88. The molecule has 0 saturated heterocycles. The van der Waals surface area contributed by atoms with E-state index < -0.39 is 34.3 Å². The molecule has 1 spiro atoms. The van der Waals surface area contributed by atoms with E-state index in [9.17, 15) is 19.5 Å². The minimum Gasteiger partial charge on any atom is -0.488 e. The molecular formula is C25H26O5. The first-order chi connectivity index (χ1) is 14.2. The normalized spacial score (nSPS) is 30.2. The number of benzene rings is 1. The summed E-state index contributed by atoms with van der Waals surface area (Å²) in [7, 11) is 0. The summed E-state index contributed by atoms with van der Waals surface area (Å²) in [6.45, 7) is 7.84. The molecule has 0 fully saturated rings. The minimum atomic E-state index is -2.15. The summed E-state index contributed by atoms with van der Waals surface area (Å²) in [5, 5.41) is 11.2. The molecule has 1 aliphatic heterocycles. The molecule has 3 atom stereocenters. The Morgan fingerprint density at radius 3 is 2.67 bits per heavy atom. The maximum absolute atomic E-state index is 14.2. The van der Waals surface area contributed by atoms with Gasteiger partial charge in [0, 0.05) is 0 Å². The maximum atomic E-state index is 14.2. The van der Waals surface area contributed by atoms with Crippen LogP contribution in [0.4, 0.5) is 0 Å². The number of fused-ring (bicyclic) bond motifs is 1. The van der Waals surface area contributed by atoms with Crippen LogP contribution in [-0.4, -0.2) is 29.1 Å². The van der Waals surface area contributed by atoms with Gasteiger partial charge in [-0.05, 0) is 63.8 Å². The van der Waals surface area contributed by atoms with E-state index in [1.165, 1.54) is 6.08 Å². The SMILES string of the molecule is CC(C)=CCC12CC=C(C)COc3cccc4c3C(=O)C(C(=O)C=C1C)(C2=O)C4O. The highest BCUT2D eigenvalue weighted by molar-refractivity contribution is 6.37. The van der Waals surface area contributed by atoms with Gasteiger partial charge in [-0.1, -0.05) is 35.4 Å². The second-order valence-electron chi connectivity index (χ2n) is 8.89. The van der Waals surface area contributed by atoms with Gasteiger partial charge in [0.2, 0.25) is 0 Å². The van der Waals surface area contributed by atoms with Gasteiger partial charge >= 0.3 is 0 Å². The van der Waals surface area contributed by atoms with Gasteiger partial charge < -0.3 is 9.84 Å². The lowest BCUT2D eigenvalue weighted by atomic mass is 9.55. The Morgan fingerprint density at radius 1 is 1.23 bits per heavy atom. The van der Waals surface area contributed by atoms with Crippen molar-refractivity contribution in [3.8, 4) is 5.75 Å². The van der Waals surface area contributed by atoms with Gasteiger partial charge in [0.1, 0.15) is 18.5 Å². The zero-order valence-electron chi connectivity index (χ0n) is 17.7. The quantitative estimate of drug-likeness (QED) is 0.591. The second-order valence-corrected chi connectivity index (χ2v) is 8.89. The van der Waals surface area contributed by atoms with Crippen molar-refractivity contribution in [2.24, 2.45) is 10.8 Å². The number of hydrogen-bond donors (Lipinski definition) is 1. The average Bonchev–Trinajstić information content (AvgIpc) is 2.92. The number of Topliss-reactive ketones (excluding diaryl/α,β-unsaturated/α-hetero) is 2. The highest BCUT2D eigenvalue weighted by Crippen LogP contribution is 2.58. The third kappa shape index (κ3) is 2.54. The highest BCUT2D eigenvalue weighted by Gasteiger charge is 2.68. The molecule has 3 aliphatic rings. The predicted molar refractivity (Wildman–Crippen MR) is 112 cm³/mol. The van der Waals surface area contributed by atoms with Crippen LogP contribution in [-0.2, 0) is 9.59 Å². The van der Waals surface area contributed by atoms with Crippen molar-refractivity contribution in [1.29, 1.82) is 0 Å². The third-order valence-electron chi connectivity index (χ3n) is 6.75. The van der Waals surface area contributed by atoms with Crippen LogP contribution < -0.4 is 4.74 Å². The van der Waals surface area contributed by atoms with Gasteiger partial charge in [-0.2, -0.15) is 0 Å². The number of rotatable bonds is 2. The number of hydrogen-bond acceptors (Lipinski definition) is 5. The van der Waals surface area contributed by atoms with E-state index in [2.05, 4.69) is 0 Å². The molecule has 0 aromatic heterocycles. The van der Waals surface area contributed by atoms with Crippen LogP contribution >= 0.6 is 0 Å². The topological polar surface area (TPSA) is 80.7 Å². The molecule has 5 heteroatoms. The molecule has 30 heavy (non-hydrogen) atoms. The number of allylic oxidation sites excluding steroid dienone is 5. The molecule has 1 heterocycles. The molecular weight excluding hydrogens is 380 g/mol. The van der Waals surface area contributed by atoms with Gasteiger partial charge in [0.15, 0.2) is 22.8 Å². The number of aliphatic hydroxyl groups excluding tert-OH is 1. The summed E-state index contributed by atoms with van der Waals surface area (Å²) in [4.78, 5) is 41.2. The standard InChI is InChI=1S/C25H26O5/c1-14(2)8-10-24-11-9-15(3)13-30-18-7-5-6-17-20(18)22(28)25(21(17)27,23(24)29)19(26)12-16(24)4/h5-9,12,21,27H,10-11,13H2,1-4H3. The Kier molecular flexibility index (Phi) is 4.70. The Hall–Kier alpha value is -2.79. The number of ketones is 3. The van der Waals surface area contributed by atoms with Crippen LogP contribution in [0.25, 0.3) is 0 Å². The molecule has 0 saturated carbocycles. The zero-order chi connectivity index (χ0) is 21.8. The van der Waals surface area contributed by atoms with Gasteiger partial charge in [0.05, 0.1) is 11.0 Å². The van der Waals surface area contributed by atoms with Crippen LogP contribution in [0.15, 0.2) is 53.1 Å². The molecule has 5 nitrogen and oxygen atoms in total. The van der Waals surface area contributed by atoms with Crippen LogP contribution in [0.3, 0.4) is 0 Å². The Labute approximate surface area is 176 Å². The molecule has 1 N–H and O–H groups in total. The average molecular weight is 406 g/mol. The van der Waals surface area contributed by atoms with Crippen molar-refractivity contribution in [2.75, 3.05) is 6.61 Å². The maximum Gasteiger partial charge on any atom is 0.191 e. The molecule has 4 rings (SSSR count). The molecule has 2 aliphatic carbocycles. The van der Waals surface area contributed by atoms with E-state index in [-0.39, 0.29) is 17.7 Å². The predicted octanol–water partition coefficient (Wildman–Crippen LogP) is 4.07. The van der Waals surface area contributed by atoms with E-state index in [4.69, 9.17) is 4.74 Å². The van der Waals surface area contributed by atoms with Gasteiger partial charge in [0.25, 0.3) is 0 Å². The summed E-state index contributed by atoms with van der Waals surface area (Å²) in [5.41, 5.74) is -0.199. The van der Waals surface area contributed by atoms with Crippen molar-refractivity contribution in [3.63, 3.8) is 0 Å². The van der Waals surface area contributed by atoms with Crippen molar-refractivity contribution < 1.29 is 24.2 Å². The monoisotopic (exact) mass is 406 g/mol. The lowest BCUT2D eigenvalue weighted by Crippen LogP contribution is -2.56. The summed E-state index contributed by atoms with van der Waals surface area (Å²) in [6, 6.07) is 4.91. The van der Waals surface area contributed by atoms with Crippen LogP contribution in [0.5, 0.6) is 5.75 Å². The van der Waals surface area contributed by atoms with Crippen molar-refractivity contribution in [1.82, 2.24) is 0 Å². The molecule has 3 unspecified atom stereocenters.